The Kier molecular flexibility index (Phi) is 5.26. The van der Waals surface area contributed by atoms with Crippen molar-refractivity contribution in [2.45, 2.75) is 27.2 Å². The molecule has 1 aliphatic rings. The van der Waals surface area contributed by atoms with E-state index in [0.29, 0.717) is 12.1 Å². The molecule has 1 heterocycles. The number of anilines is 1. The van der Waals surface area contributed by atoms with Gasteiger partial charge in [0.1, 0.15) is 0 Å². The number of hydrogen-bond donors (Lipinski definition) is 2. The number of amides is 3. The topological polar surface area (TPSA) is 78.5 Å². The molecular weight excluding hydrogens is 342 g/mol. The molecule has 0 aromatic heterocycles. The molecule has 0 spiro atoms. The number of nitrogens with one attached hydrogen (secondary N) is 2. The van der Waals surface area contributed by atoms with Crippen LogP contribution in [0.25, 0.3) is 0 Å². The minimum Gasteiger partial charge on any atom is -0.312 e. The zero-order chi connectivity index (χ0) is 19.6. The van der Waals surface area contributed by atoms with Crippen molar-refractivity contribution in [3.63, 3.8) is 0 Å². The lowest BCUT2D eigenvalue weighted by atomic mass is 10.1. The predicted octanol–water partition coefficient (Wildman–Crippen LogP) is 2.43. The summed E-state index contributed by atoms with van der Waals surface area (Å²) < 4.78 is 0. The van der Waals surface area contributed by atoms with Gasteiger partial charge in [-0.2, -0.15) is 0 Å². The molecule has 2 aromatic carbocycles. The lowest BCUT2D eigenvalue weighted by Crippen LogP contribution is -2.45. The lowest BCUT2D eigenvalue weighted by molar-refractivity contribution is -0.126. The molecular formula is C21H23N3O3. The number of hydrazine groups is 1. The smallest absolute Gasteiger partial charge is 0.269 e. The first-order valence-corrected chi connectivity index (χ1v) is 8.89. The van der Waals surface area contributed by atoms with Crippen molar-refractivity contribution in [3.8, 4) is 0 Å². The average Bonchev–Trinajstić information content (AvgIpc) is 3.04. The second-order valence-corrected chi connectivity index (χ2v) is 6.98. The first-order chi connectivity index (χ1) is 12.8. The Hall–Kier alpha value is -3.15. The number of aryl methyl sites for hydroxylation is 3. The van der Waals surface area contributed by atoms with Crippen molar-refractivity contribution in [3.05, 3.63) is 64.7 Å². The molecule has 3 rings (SSSR count). The molecule has 27 heavy (non-hydrogen) atoms. The fourth-order valence-corrected chi connectivity index (χ4v) is 3.02. The molecule has 0 saturated carbocycles. The molecule has 0 unspecified atom stereocenters. The van der Waals surface area contributed by atoms with Crippen LogP contribution < -0.4 is 15.8 Å². The highest BCUT2D eigenvalue weighted by molar-refractivity contribution is 6.01. The molecule has 2 N–H and O–H groups in total. The van der Waals surface area contributed by atoms with E-state index in [1.54, 1.807) is 17.0 Å². The van der Waals surface area contributed by atoms with Gasteiger partial charge < -0.3 is 4.90 Å². The predicted molar refractivity (Wildman–Crippen MR) is 103 cm³/mol. The van der Waals surface area contributed by atoms with E-state index < -0.39 is 11.8 Å². The van der Waals surface area contributed by atoms with Crippen LogP contribution in [0.5, 0.6) is 0 Å². The maximum atomic E-state index is 12.4. The minimum atomic E-state index is -0.502. The highest BCUT2D eigenvalue weighted by Crippen LogP contribution is 2.26. The van der Waals surface area contributed by atoms with Crippen LogP contribution in [0, 0.1) is 26.7 Å². The maximum Gasteiger partial charge on any atom is 0.269 e. The van der Waals surface area contributed by atoms with Crippen LogP contribution in [0.2, 0.25) is 0 Å². The van der Waals surface area contributed by atoms with Crippen LogP contribution in [0.1, 0.15) is 33.5 Å². The van der Waals surface area contributed by atoms with Gasteiger partial charge in [-0.15, -0.1) is 0 Å². The van der Waals surface area contributed by atoms with Crippen molar-refractivity contribution in [2.24, 2.45) is 5.92 Å². The van der Waals surface area contributed by atoms with Gasteiger partial charge in [0.2, 0.25) is 11.8 Å². The summed E-state index contributed by atoms with van der Waals surface area (Å²) in [6.07, 6.45) is 0.124. The Bertz CT molecular complexity index is 890. The summed E-state index contributed by atoms with van der Waals surface area (Å²) >= 11 is 0. The van der Waals surface area contributed by atoms with Gasteiger partial charge in [0.15, 0.2) is 0 Å². The fourth-order valence-electron chi connectivity index (χ4n) is 3.02. The Morgan fingerprint density at radius 1 is 0.963 bits per heavy atom. The molecule has 1 fully saturated rings. The van der Waals surface area contributed by atoms with E-state index in [1.807, 2.05) is 51.1 Å². The first-order valence-electron chi connectivity index (χ1n) is 8.89. The summed E-state index contributed by atoms with van der Waals surface area (Å²) in [6, 6.07) is 12.8. The third-order valence-electron chi connectivity index (χ3n) is 4.91. The van der Waals surface area contributed by atoms with E-state index in [2.05, 4.69) is 10.9 Å². The monoisotopic (exact) mass is 365 g/mol. The van der Waals surface area contributed by atoms with Crippen molar-refractivity contribution in [1.29, 1.82) is 0 Å². The molecule has 2 aromatic rings. The highest BCUT2D eigenvalue weighted by Gasteiger charge is 2.35. The van der Waals surface area contributed by atoms with Crippen molar-refractivity contribution < 1.29 is 14.4 Å². The Labute approximate surface area is 158 Å². The summed E-state index contributed by atoms with van der Waals surface area (Å²) in [7, 11) is 0. The quantitative estimate of drug-likeness (QED) is 0.820. The lowest BCUT2D eigenvalue weighted by Gasteiger charge is -2.18. The van der Waals surface area contributed by atoms with Gasteiger partial charge in [0.25, 0.3) is 5.91 Å². The van der Waals surface area contributed by atoms with Crippen molar-refractivity contribution in [1.82, 2.24) is 10.9 Å². The molecule has 1 atom stereocenters. The number of carbonyl (C=O) groups is 3. The number of carbonyl (C=O) groups excluding carboxylic acids is 3. The van der Waals surface area contributed by atoms with Crippen LogP contribution in [-0.2, 0) is 9.59 Å². The van der Waals surface area contributed by atoms with E-state index in [4.69, 9.17) is 0 Å². The third kappa shape index (κ3) is 4.16. The SMILES string of the molecule is Cc1ccc(C(=O)NNC(=O)[C@H]2CC(=O)N(c3ccc(C)c(C)c3)C2)cc1. The zero-order valence-corrected chi connectivity index (χ0v) is 15.7. The largest absolute Gasteiger partial charge is 0.312 e. The molecule has 6 nitrogen and oxygen atoms in total. The number of nitrogens with zero attached hydrogens (tertiary/aromatic N) is 1. The molecule has 0 bridgehead atoms. The van der Waals surface area contributed by atoms with Gasteiger partial charge >= 0.3 is 0 Å². The normalized spacial score (nSPS) is 16.3. The fraction of sp³-hybridized carbons (Fsp3) is 0.286. The molecule has 1 aliphatic heterocycles. The van der Waals surface area contributed by atoms with E-state index in [0.717, 1.165) is 22.4 Å². The summed E-state index contributed by atoms with van der Waals surface area (Å²) in [5, 5.41) is 0. The van der Waals surface area contributed by atoms with Gasteiger partial charge in [-0.3, -0.25) is 25.2 Å². The number of hydrogen-bond acceptors (Lipinski definition) is 3. The molecule has 0 aliphatic carbocycles. The van der Waals surface area contributed by atoms with Gasteiger partial charge in [-0.25, -0.2) is 0 Å². The number of benzene rings is 2. The summed E-state index contributed by atoms with van der Waals surface area (Å²) in [5.41, 5.74) is 9.39. The van der Waals surface area contributed by atoms with Crippen LogP contribution in [-0.4, -0.2) is 24.3 Å². The standard InChI is InChI=1S/C21H23N3O3/c1-13-4-7-16(8-5-13)20(26)22-23-21(27)17-11-19(25)24(12-17)18-9-6-14(2)15(3)10-18/h4-10,17H,11-12H2,1-3H3,(H,22,26)(H,23,27)/t17-/m0/s1. The average molecular weight is 365 g/mol. The first kappa shape index (κ1) is 18.6. The zero-order valence-electron chi connectivity index (χ0n) is 15.7. The number of rotatable bonds is 3. The molecule has 3 amide bonds. The molecule has 140 valence electrons. The van der Waals surface area contributed by atoms with Crippen LogP contribution in [0.3, 0.4) is 0 Å². The molecule has 0 radical (unpaired) electrons. The van der Waals surface area contributed by atoms with E-state index in [-0.39, 0.29) is 18.2 Å². The maximum absolute atomic E-state index is 12.4. The van der Waals surface area contributed by atoms with Gasteiger partial charge in [-0.05, 0) is 56.2 Å². The Morgan fingerprint density at radius 3 is 2.33 bits per heavy atom. The molecule has 1 saturated heterocycles. The van der Waals surface area contributed by atoms with E-state index >= 15 is 0 Å². The van der Waals surface area contributed by atoms with Crippen molar-refractivity contribution in [2.75, 3.05) is 11.4 Å². The van der Waals surface area contributed by atoms with Crippen LogP contribution in [0.15, 0.2) is 42.5 Å². The third-order valence-corrected chi connectivity index (χ3v) is 4.91. The highest BCUT2D eigenvalue weighted by atomic mass is 16.2. The van der Waals surface area contributed by atoms with Gasteiger partial charge in [0, 0.05) is 24.2 Å². The Morgan fingerprint density at radius 2 is 1.67 bits per heavy atom. The van der Waals surface area contributed by atoms with Gasteiger partial charge in [-0.1, -0.05) is 23.8 Å². The van der Waals surface area contributed by atoms with E-state index in [1.165, 1.54) is 0 Å². The summed E-state index contributed by atoms with van der Waals surface area (Å²) in [6.45, 7) is 6.23. The van der Waals surface area contributed by atoms with Crippen molar-refractivity contribution >= 4 is 23.4 Å². The van der Waals surface area contributed by atoms with Gasteiger partial charge in [0.05, 0.1) is 5.92 Å². The summed E-state index contributed by atoms with van der Waals surface area (Å²) in [4.78, 5) is 38.4. The second-order valence-electron chi connectivity index (χ2n) is 6.98. The summed E-state index contributed by atoms with van der Waals surface area (Å²) in [5.74, 6) is -1.35. The van der Waals surface area contributed by atoms with Crippen LogP contribution in [0.4, 0.5) is 5.69 Å². The molecule has 6 heteroatoms. The minimum absolute atomic E-state index is 0.0942. The van der Waals surface area contributed by atoms with E-state index in [9.17, 15) is 14.4 Å². The van der Waals surface area contributed by atoms with Crippen LogP contribution >= 0.6 is 0 Å². The second kappa shape index (κ2) is 7.61. The Balaban J connectivity index is 1.59.